The van der Waals surface area contributed by atoms with Gasteiger partial charge < -0.3 is 4.90 Å². The molecule has 0 saturated heterocycles. The highest BCUT2D eigenvalue weighted by atomic mass is 79.9. The van der Waals surface area contributed by atoms with Gasteiger partial charge >= 0.3 is 0 Å². The molecule has 0 aliphatic rings. The van der Waals surface area contributed by atoms with Crippen molar-refractivity contribution < 1.29 is 4.39 Å². The van der Waals surface area contributed by atoms with Crippen LogP contribution in [0, 0.1) is 5.82 Å². The average Bonchev–Trinajstić information content (AvgIpc) is 2.39. The van der Waals surface area contributed by atoms with Crippen LogP contribution in [0.15, 0.2) is 48.5 Å². The summed E-state index contributed by atoms with van der Waals surface area (Å²) < 4.78 is 13.1. The molecule has 0 amide bonds. The van der Waals surface area contributed by atoms with Crippen molar-refractivity contribution in [2.75, 3.05) is 11.9 Å². The Morgan fingerprint density at radius 1 is 1.06 bits per heavy atom. The molecule has 0 saturated carbocycles. The highest BCUT2D eigenvalue weighted by Crippen LogP contribution is 2.17. The summed E-state index contributed by atoms with van der Waals surface area (Å²) in [6.45, 7) is 0.700. The number of benzene rings is 2. The van der Waals surface area contributed by atoms with Crippen LogP contribution in [0.4, 0.5) is 10.1 Å². The van der Waals surface area contributed by atoms with E-state index in [2.05, 4.69) is 45.1 Å². The van der Waals surface area contributed by atoms with Gasteiger partial charge in [-0.05, 0) is 35.4 Å². The number of rotatable bonds is 4. The van der Waals surface area contributed by atoms with Crippen molar-refractivity contribution in [3.63, 3.8) is 0 Å². The van der Waals surface area contributed by atoms with E-state index in [9.17, 15) is 4.39 Å². The Balaban J connectivity index is 2.09. The molecule has 2 aromatic carbocycles. The summed E-state index contributed by atoms with van der Waals surface area (Å²) in [5.41, 5.74) is 3.35. The molecule has 2 aromatic rings. The van der Waals surface area contributed by atoms with E-state index < -0.39 is 0 Å². The minimum Gasteiger partial charge on any atom is -0.370 e. The number of hydrogen-bond acceptors (Lipinski definition) is 1. The third-order valence-corrected chi connectivity index (χ3v) is 3.49. The zero-order valence-electron chi connectivity index (χ0n) is 10.2. The smallest absolute Gasteiger partial charge is 0.123 e. The Bertz CT molecular complexity index is 510. The van der Waals surface area contributed by atoms with E-state index in [4.69, 9.17) is 0 Å². The van der Waals surface area contributed by atoms with Gasteiger partial charge in [0.2, 0.25) is 0 Å². The van der Waals surface area contributed by atoms with Gasteiger partial charge in [-0.3, -0.25) is 0 Å². The topological polar surface area (TPSA) is 3.24 Å². The van der Waals surface area contributed by atoms with Crippen LogP contribution < -0.4 is 4.90 Å². The van der Waals surface area contributed by atoms with Crippen LogP contribution in [0.25, 0.3) is 0 Å². The molecule has 3 heteroatoms. The average molecular weight is 308 g/mol. The molecule has 0 spiro atoms. The number of hydrogen-bond donors (Lipinski definition) is 0. The lowest BCUT2D eigenvalue weighted by Crippen LogP contribution is -2.16. The molecule has 0 aliphatic carbocycles. The molecule has 94 valence electrons. The molecule has 2 rings (SSSR count). The summed E-state index contributed by atoms with van der Waals surface area (Å²) in [5, 5.41) is 0.862. The SMILES string of the molecule is CN(Cc1cccc(F)c1)c1ccc(CBr)cc1. The summed E-state index contributed by atoms with van der Waals surface area (Å²) in [6, 6.07) is 15.1. The van der Waals surface area contributed by atoms with Gasteiger partial charge in [0, 0.05) is 24.6 Å². The molecular formula is C15H15BrFN. The van der Waals surface area contributed by atoms with E-state index in [1.165, 1.54) is 11.6 Å². The van der Waals surface area contributed by atoms with Gasteiger partial charge in [-0.15, -0.1) is 0 Å². The second-order valence-corrected chi connectivity index (χ2v) is 4.85. The van der Waals surface area contributed by atoms with Gasteiger partial charge in [0.25, 0.3) is 0 Å². The van der Waals surface area contributed by atoms with Crippen LogP contribution in [0.3, 0.4) is 0 Å². The van der Waals surface area contributed by atoms with Crippen LogP contribution in [0.2, 0.25) is 0 Å². The van der Waals surface area contributed by atoms with E-state index in [1.807, 2.05) is 13.1 Å². The van der Waals surface area contributed by atoms with Crippen LogP contribution in [-0.4, -0.2) is 7.05 Å². The Morgan fingerprint density at radius 2 is 1.78 bits per heavy atom. The van der Waals surface area contributed by atoms with E-state index in [-0.39, 0.29) is 5.82 Å². The lowest BCUT2D eigenvalue weighted by molar-refractivity contribution is 0.625. The van der Waals surface area contributed by atoms with E-state index in [1.54, 1.807) is 12.1 Å². The second kappa shape index (κ2) is 6.01. The Hall–Kier alpha value is -1.35. The maximum atomic E-state index is 13.1. The summed E-state index contributed by atoms with van der Waals surface area (Å²) in [5.74, 6) is -0.185. The summed E-state index contributed by atoms with van der Waals surface area (Å²) in [7, 11) is 2.01. The summed E-state index contributed by atoms with van der Waals surface area (Å²) >= 11 is 3.43. The number of alkyl halides is 1. The second-order valence-electron chi connectivity index (χ2n) is 4.29. The fraction of sp³-hybridized carbons (Fsp3) is 0.200. The maximum Gasteiger partial charge on any atom is 0.123 e. The lowest BCUT2D eigenvalue weighted by Gasteiger charge is -2.19. The van der Waals surface area contributed by atoms with Crippen molar-refractivity contribution in [1.82, 2.24) is 0 Å². The molecule has 0 aromatic heterocycles. The van der Waals surface area contributed by atoms with Gasteiger partial charge in [0.15, 0.2) is 0 Å². The minimum atomic E-state index is -0.185. The lowest BCUT2D eigenvalue weighted by atomic mass is 10.2. The predicted molar refractivity (Wildman–Crippen MR) is 77.6 cm³/mol. The molecule has 0 N–H and O–H groups in total. The third-order valence-electron chi connectivity index (χ3n) is 2.84. The van der Waals surface area contributed by atoms with Crippen LogP contribution in [-0.2, 0) is 11.9 Å². The molecule has 18 heavy (non-hydrogen) atoms. The van der Waals surface area contributed by atoms with E-state index >= 15 is 0 Å². The third kappa shape index (κ3) is 3.33. The molecule has 0 radical (unpaired) electrons. The van der Waals surface area contributed by atoms with Gasteiger partial charge in [0.05, 0.1) is 0 Å². The fourth-order valence-corrected chi connectivity index (χ4v) is 2.21. The highest BCUT2D eigenvalue weighted by molar-refractivity contribution is 9.08. The minimum absolute atomic E-state index is 0.185. The first kappa shape index (κ1) is 13.1. The normalized spacial score (nSPS) is 10.4. The standard InChI is InChI=1S/C15H15BrFN/c1-18(11-13-3-2-4-14(17)9-13)15-7-5-12(10-16)6-8-15/h2-9H,10-11H2,1H3. The first-order valence-corrected chi connectivity index (χ1v) is 6.91. The zero-order chi connectivity index (χ0) is 13.0. The Labute approximate surface area is 115 Å². The molecule has 0 fully saturated rings. The Kier molecular flexibility index (Phi) is 4.37. The van der Waals surface area contributed by atoms with Crippen LogP contribution in [0.5, 0.6) is 0 Å². The molecule has 0 unspecified atom stereocenters. The monoisotopic (exact) mass is 307 g/mol. The first-order chi connectivity index (χ1) is 8.69. The van der Waals surface area contributed by atoms with Crippen molar-refractivity contribution in [3.8, 4) is 0 Å². The quantitative estimate of drug-likeness (QED) is 0.759. The van der Waals surface area contributed by atoms with Crippen molar-refractivity contribution >= 4 is 21.6 Å². The van der Waals surface area contributed by atoms with Gasteiger partial charge in [0.1, 0.15) is 5.82 Å². The summed E-state index contributed by atoms with van der Waals surface area (Å²) in [4.78, 5) is 2.10. The van der Waals surface area contributed by atoms with Crippen molar-refractivity contribution in [2.45, 2.75) is 11.9 Å². The fourth-order valence-electron chi connectivity index (χ4n) is 1.84. The van der Waals surface area contributed by atoms with Crippen molar-refractivity contribution in [1.29, 1.82) is 0 Å². The molecular weight excluding hydrogens is 293 g/mol. The highest BCUT2D eigenvalue weighted by Gasteiger charge is 2.03. The number of halogens is 2. The zero-order valence-corrected chi connectivity index (χ0v) is 11.8. The van der Waals surface area contributed by atoms with Gasteiger partial charge in [-0.2, -0.15) is 0 Å². The van der Waals surface area contributed by atoms with Crippen molar-refractivity contribution in [3.05, 3.63) is 65.5 Å². The molecule has 0 atom stereocenters. The number of nitrogens with zero attached hydrogens (tertiary/aromatic N) is 1. The van der Waals surface area contributed by atoms with Gasteiger partial charge in [-0.25, -0.2) is 4.39 Å². The van der Waals surface area contributed by atoms with Crippen molar-refractivity contribution in [2.24, 2.45) is 0 Å². The van der Waals surface area contributed by atoms with Crippen LogP contribution >= 0.6 is 15.9 Å². The molecule has 0 aliphatic heterocycles. The van der Waals surface area contributed by atoms with Crippen LogP contribution in [0.1, 0.15) is 11.1 Å². The van der Waals surface area contributed by atoms with E-state index in [0.29, 0.717) is 6.54 Å². The number of anilines is 1. The molecule has 0 bridgehead atoms. The first-order valence-electron chi connectivity index (χ1n) is 5.79. The maximum absolute atomic E-state index is 13.1. The van der Waals surface area contributed by atoms with Gasteiger partial charge in [-0.1, -0.05) is 40.2 Å². The molecule has 1 nitrogen and oxygen atoms in total. The summed E-state index contributed by atoms with van der Waals surface area (Å²) in [6.07, 6.45) is 0. The predicted octanol–water partition coefficient (Wildman–Crippen LogP) is 4.36. The van der Waals surface area contributed by atoms with E-state index in [0.717, 1.165) is 16.6 Å². The Morgan fingerprint density at radius 3 is 2.39 bits per heavy atom. The largest absolute Gasteiger partial charge is 0.370 e. The molecule has 0 heterocycles.